The van der Waals surface area contributed by atoms with E-state index >= 15 is 0 Å². The summed E-state index contributed by atoms with van der Waals surface area (Å²) in [5.41, 5.74) is 1.57. The molecule has 0 unspecified atom stereocenters. The highest BCUT2D eigenvalue weighted by Gasteiger charge is 2.12. The highest BCUT2D eigenvalue weighted by atomic mass is 32.1. The van der Waals surface area contributed by atoms with Gasteiger partial charge >= 0.3 is 0 Å². The van der Waals surface area contributed by atoms with E-state index in [1.165, 1.54) is 12.7 Å². The smallest absolute Gasteiger partial charge is 0.200 e. The van der Waals surface area contributed by atoms with Gasteiger partial charge in [-0.3, -0.25) is 9.67 Å². The minimum Gasteiger partial charge on any atom is -0.451 e. The first-order chi connectivity index (χ1) is 8.36. The summed E-state index contributed by atoms with van der Waals surface area (Å²) < 4.78 is 7.29. The molecule has 0 saturated heterocycles. The summed E-state index contributed by atoms with van der Waals surface area (Å²) in [6.45, 7) is 0. The lowest BCUT2D eigenvalue weighted by Gasteiger charge is -2.03. The molecule has 1 aromatic carbocycles. The second kappa shape index (κ2) is 3.99. The first kappa shape index (κ1) is 9.98. The van der Waals surface area contributed by atoms with Crippen LogP contribution in [0.25, 0.3) is 17.2 Å². The maximum atomic E-state index is 5.22. The van der Waals surface area contributed by atoms with Gasteiger partial charge in [-0.05, 0) is 24.4 Å². The van der Waals surface area contributed by atoms with Crippen LogP contribution in [0.4, 0.5) is 0 Å². The highest BCUT2D eigenvalue weighted by Crippen LogP contribution is 2.19. The van der Waals surface area contributed by atoms with Crippen LogP contribution in [0.3, 0.4) is 0 Å². The summed E-state index contributed by atoms with van der Waals surface area (Å²) >= 11 is 5.22. The highest BCUT2D eigenvalue weighted by molar-refractivity contribution is 7.71. The summed E-state index contributed by atoms with van der Waals surface area (Å²) in [7, 11) is 0. The number of H-pyrrole nitrogens is 1. The first-order valence-electron chi connectivity index (χ1n) is 4.97. The van der Waals surface area contributed by atoms with E-state index in [4.69, 9.17) is 16.6 Å². The number of aromatic amines is 1. The van der Waals surface area contributed by atoms with Crippen LogP contribution in [-0.2, 0) is 0 Å². The van der Waals surface area contributed by atoms with Gasteiger partial charge in [0.05, 0.1) is 5.69 Å². The number of benzene rings is 1. The topological polar surface area (TPSA) is 59.6 Å². The Bertz CT molecular complexity index is 669. The molecule has 5 nitrogen and oxygen atoms in total. The zero-order chi connectivity index (χ0) is 11.7. The lowest BCUT2D eigenvalue weighted by molar-refractivity contribution is 0.558. The molecular weight excluding hydrogens is 236 g/mol. The number of nitrogens with zero attached hydrogens (tertiary/aromatic N) is 3. The van der Waals surface area contributed by atoms with Crippen LogP contribution in [0.5, 0.6) is 0 Å². The van der Waals surface area contributed by atoms with Crippen molar-refractivity contribution < 1.29 is 4.42 Å². The van der Waals surface area contributed by atoms with Gasteiger partial charge in [-0.15, -0.1) is 0 Å². The van der Waals surface area contributed by atoms with Gasteiger partial charge in [-0.2, -0.15) is 5.10 Å². The summed E-state index contributed by atoms with van der Waals surface area (Å²) in [6.07, 6.45) is 2.90. The number of rotatable bonds is 2. The largest absolute Gasteiger partial charge is 0.451 e. The molecule has 0 bridgehead atoms. The molecule has 0 atom stereocenters. The van der Waals surface area contributed by atoms with Crippen molar-refractivity contribution in [2.24, 2.45) is 0 Å². The molecule has 17 heavy (non-hydrogen) atoms. The normalized spacial score (nSPS) is 10.6. The van der Waals surface area contributed by atoms with Gasteiger partial charge in [-0.25, -0.2) is 4.98 Å². The predicted octanol–water partition coefficient (Wildman–Crippen LogP) is 2.58. The van der Waals surface area contributed by atoms with Crippen molar-refractivity contribution in [2.45, 2.75) is 0 Å². The number of para-hydroxylation sites is 1. The zero-order valence-corrected chi connectivity index (χ0v) is 9.52. The van der Waals surface area contributed by atoms with E-state index in [9.17, 15) is 0 Å². The molecule has 0 aliphatic rings. The molecule has 84 valence electrons. The molecule has 0 spiro atoms. The van der Waals surface area contributed by atoms with Crippen molar-refractivity contribution in [1.82, 2.24) is 19.7 Å². The Labute approximate surface area is 102 Å². The molecule has 3 aromatic rings. The predicted molar refractivity (Wildman–Crippen MR) is 64.2 cm³/mol. The molecule has 2 heterocycles. The zero-order valence-electron chi connectivity index (χ0n) is 8.70. The second-order valence-corrected chi connectivity index (χ2v) is 3.78. The summed E-state index contributed by atoms with van der Waals surface area (Å²) in [6, 6.07) is 9.74. The van der Waals surface area contributed by atoms with Crippen LogP contribution in [0.1, 0.15) is 0 Å². The van der Waals surface area contributed by atoms with Crippen molar-refractivity contribution in [2.75, 3.05) is 0 Å². The minimum atomic E-state index is 0.522. The summed E-state index contributed by atoms with van der Waals surface area (Å²) in [5, 5.41) is 6.92. The number of nitrogens with one attached hydrogen (secondary N) is 1. The van der Waals surface area contributed by atoms with Crippen LogP contribution in [0.15, 0.2) is 47.4 Å². The minimum absolute atomic E-state index is 0.522. The molecule has 2 aromatic heterocycles. The number of oxazole rings is 1. The first-order valence-corrected chi connectivity index (χ1v) is 5.38. The molecular formula is C11H8N4OS. The Morgan fingerprint density at radius 1 is 1.24 bits per heavy atom. The molecule has 6 heteroatoms. The quantitative estimate of drug-likeness (QED) is 0.704. The fraction of sp³-hybridized carbons (Fsp3) is 0. The van der Waals surface area contributed by atoms with E-state index < -0.39 is 0 Å². The van der Waals surface area contributed by atoms with Crippen LogP contribution in [0.2, 0.25) is 0 Å². The van der Waals surface area contributed by atoms with Gasteiger partial charge < -0.3 is 4.42 Å². The van der Waals surface area contributed by atoms with Crippen molar-refractivity contribution in [3.05, 3.63) is 47.8 Å². The van der Waals surface area contributed by atoms with Crippen molar-refractivity contribution in [1.29, 1.82) is 0 Å². The molecule has 0 amide bonds. The molecule has 3 rings (SSSR count). The fourth-order valence-electron chi connectivity index (χ4n) is 1.61. The molecule has 0 saturated carbocycles. The standard InChI is InChI=1S/C11H8N4OS/c17-11-14-13-10(9-6-16-7-12-9)15(11)8-4-2-1-3-5-8/h1-7H,(H,14,17). The van der Waals surface area contributed by atoms with Gasteiger partial charge in [0.2, 0.25) is 0 Å². The van der Waals surface area contributed by atoms with E-state index in [0.717, 1.165) is 5.69 Å². The molecule has 0 fully saturated rings. The van der Waals surface area contributed by atoms with E-state index in [2.05, 4.69) is 15.2 Å². The number of hydrogen-bond donors (Lipinski definition) is 1. The Morgan fingerprint density at radius 2 is 2.06 bits per heavy atom. The average molecular weight is 244 g/mol. The molecule has 0 aliphatic carbocycles. The fourth-order valence-corrected chi connectivity index (χ4v) is 1.85. The third-order valence-electron chi connectivity index (χ3n) is 2.35. The van der Waals surface area contributed by atoms with Gasteiger partial charge in [0.1, 0.15) is 12.0 Å². The van der Waals surface area contributed by atoms with Gasteiger partial charge in [0, 0.05) is 0 Å². The SMILES string of the molecule is S=c1[nH]nc(-c2cocn2)n1-c1ccccc1. The second-order valence-electron chi connectivity index (χ2n) is 3.40. The average Bonchev–Trinajstić information content (AvgIpc) is 2.98. The third-order valence-corrected chi connectivity index (χ3v) is 2.62. The third kappa shape index (κ3) is 1.68. The van der Waals surface area contributed by atoms with E-state index in [-0.39, 0.29) is 0 Å². The maximum absolute atomic E-state index is 5.22. The molecule has 1 N–H and O–H groups in total. The van der Waals surface area contributed by atoms with Gasteiger partial charge in [0.25, 0.3) is 0 Å². The molecule has 0 radical (unpaired) electrons. The van der Waals surface area contributed by atoms with Gasteiger partial charge in [-0.1, -0.05) is 18.2 Å². The number of aromatic nitrogens is 4. The lowest BCUT2D eigenvalue weighted by Crippen LogP contribution is -1.97. The Balaban J connectivity index is 2.24. The Kier molecular flexibility index (Phi) is 2.34. The van der Waals surface area contributed by atoms with Crippen LogP contribution in [-0.4, -0.2) is 19.7 Å². The van der Waals surface area contributed by atoms with E-state index in [1.54, 1.807) is 0 Å². The monoisotopic (exact) mass is 244 g/mol. The van der Waals surface area contributed by atoms with E-state index in [1.807, 2.05) is 34.9 Å². The van der Waals surface area contributed by atoms with Crippen LogP contribution in [0, 0.1) is 4.77 Å². The van der Waals surface area contributed by atoms with Crippen LogP contribution >= 0.6 is 12.2 Å². The van der Waals surface area contributed by atoms with Crippen molar-refractivity contribution in [3.8, 4) is 17.2 Å². The Hall–Kier alpha value is -2.21. The van der Waals surface area contributed by atoms with Gasteiger partial charge in [0.15, 0.2) is 17.0 Å². The summed E-state index contributed by atoms with van der Waals surface area (Å²) in [5.74, 6) is 0.634. The number of hydrogen-bond acceptors (Lipinski definition) is 4. The van der Waals surface area contributed by atoms with Crippen molar-refractivity contribution >= 4 is 12.2 Å². The van der Waals surface area contributed by atoms with Crippen LogP contribution < -0.4 is 0 Å². The van der Waals surface area contributed by atoms with Crippen molar-refractivity contribution in [3.63, 3.8) is 0 Å². The Morgan fingerprint density at radius 3 is 2.76 bits per heavy atom. The maximum Gasteiger partial charge on any atom is 0.200 e. The molecule has 0 aliphatic heterocycles. The summed E-state index contributed by atoms with van der Waals surface area (Å²) in [4.78, 5) is 4.07. The van der Waals surface area contributed by atoms with E-state index in [0.29, 0.717) is 16.3 Å². The lowest BCUT2D eigenvalue weighted by atomic mass is 10.3.